The second kappa shape index (κ2) is 3.02. The number of allylic oxidation sites excluding steroid dienone is 2. The maximum Gasteiger partial charge on any atom is 0.0357 e. The first-order chi connectivity index (χ1) is 5.34. The van der Waals surface area contributed by atoms with Crippen LogP contribution in [0.1, 0.15) is 12.8 Å². The van der Waals surface area contributed by atoms with Gasteiger partial charge in [0.25, 0.3) is 0 Å². The molecule has 0 aromatic heterocycles. The molecule has 0 radical (unpaired) electrons. The molecule has 0 saturated heterocycles. The van der Waals surface area contributed by atoms with E-state index in [1.807, 2.05) is 0 Å². The lowest BCUT2D eigenvalue weighted by Crippen LogP contribution is -2.21. The van der Waals surface area contributed by atoms with E-state index in [1.54, 1.807) is 0 Å². The molecule has 1 heterocycles. The predicted molar refractivity (Wildman–Crippen MR) is 50.4 cm³/mol. The van der Waals surface area contributed by atoms with E-state index in [2.05, 4.69) is 39.2 Å². The Morgan fingerprint density at radius 3 is 3.00 bits per heavy atom. The Labute approximate surface area is 75.9 Å². The zero-order valence-electron chi connectivity index (χ0n) is 6.46. The average molecular weight is 214 g/mol. The van der Waals surface area contributed by atoms with Crippen molar-refractivity contribution in [3.63, 3.8) is 0 Å². The monoisotopic (exact) mass is 213 g/mol. The lowest BCUT2D eigenvalue weighted by Gasteiger charge is -2.21. The lowest BCUT2D eigenvalue weighted by atomic mass is 10.3. The molecule has 0 N–H and O–H groups in total. The van der Waals surface area contributed by atoms with E-state index < -0.39 is 0 Å². The van der Waals surface area contributed by atoms with Crippen LogP contribution >= 0.6 is 15.9 Å². The van der Waals surface area contributed by atoms with Crippen LogP contribution in [0, 0.1) is 5.92 Å². The topological polar surface area (TPSA) is 3.24 Å². The van der Waals surface area contributed by atoms with Crippen molar-refractivity contribution >= 4 is 15.9 Å². The van der Waals surface area contributed by atoms with Crippen LogP contribution in [-0.2, 0) is 0 Å². The van der Waals surface area contributed by atoms with Crippen molar-refractivity contribution in [2.75, 3.05) is 13.1 Å². The first kappa shape index (κ1) is 7.41. The summed E-state index contributed by atoms with van der Waals surface area (Å²) in [5.74, 6) is 0.984. The van der Waals surface area contributed by atoms with Crippen molar-refractivity contribution in [2.24, 2.45) is 5.92 Å². The molecule has 1 saturated carbocycles. The van der Waals surface area contributed by atoms with Gasteiger partial charge in [-0.25, -0.2) is 0 Å². The summed E-state index contributed by atoms with van der Waals surface area (Å²) in [6.07, 6.45) is 9.38. The van der Waals surface area contributed by atoms with Gasteiger partial charge in [-0.15, -0.1) is 0 Å². The number of hydrogen-bond acceptors (Lipinski definition) is 1. The first-order valence-corrected chi connectivity index (χ1v) is 4.92. The van der Waals surface area contributed by atoms with Crippen LogP contribution in [0.3, 0.4) is 0 Å². The molecule has 1 aliphatic heterocycles. The Kier molecular flexibility index (Phi) is 2.03. The molecule has 0 atom stereocenters. The average Bonchev–Trinajstić information content (AvgIpc) is 2.71. The molecule has 60 valence electrons. The molecule has 0 spiro atoms. The molecule has 1 nitrogen and oxygen atoms in total. The van der Waals surface area contributed by atoms with Crippen LogP contribution in [0.5, 0.6) is 0 Å². The molecule has 0 amide bonds. The zero-order chi connectivity index (χ0) is 7.68. The standard InChI is InChI=1S/C9H12BrN/c10-9-2-1-5-11(7-9)6-8-3-4-8/h1-2,7-8H,3-6H2. The summed E-state index contributed by atoms with van der Waals surface area (Å²) in [7, 11) is 0. The third kappa shape index (κ3) is 2.09. The maximum absolute atomic E-state index is 3.47. The van der Waals surface area contributed by atoms with Crippen molar-refractivity contribution in [1.29, 1.82) is 0 Å². The number of rotatable bonds is 2. The fraction of sp³-hybridized carbons (Fsp3) is 0.556. The summed E-state index contributed by atoms with van der Waals surface area (Å²) in [5, 5.41) is 0. The summed E-state index contributed by atoms with van der Waals surface area (Å²) in [4.78, 5) is 2.38. The number of halogens is 1. The van der Waals surface area contributed by atoms with Crippen LogP contribution in [0.4, 0.5) is 0 Å². The van der Waals surface area contributed by atoms with Crippen molar-refractivity contribution in [3.05, 3.63) is 22.8 Å². The van der Waals surface area contributed by atoms with Gasteiger partial charge in [-0.2, -0.15) is 0 Å². The van der Waals surface area contributed by atoms with Gasteiger partial charge in [0.1, 0.15) is 0 Å². The third-order valence-corrected chi connectivity index (χ3v) is 2.58. The van der Waals surface area contributed by atoms with Crippen LogP contribution in [0.25, 0.3) is 0 Å². The molecule has 1 aliphatic carbocycles. The van der Waals surface area contributed by atoms with Crippen molar-refractivity contribution < 1.29 is 0 Å². The smallest absolute Gasteiger partial charge is 0.0357 e. The zero-order valence-corrected chi connectivity index (χ0v) is 8.05. The van der Waals surface area contributed by atoms with Gasteiger partial charge in [0, 0.05) is 23.8 Å². The van der Waals surface area contributed by atoms with Gasteiger partial charge < -0.3 is 4.90 Å². The van der Waals surface area contributed by atoms with Crippen molar-refractivity contribution in [3.8, 4) is 0 Å². The highest BCUT2D eigenvalue weighted by Crippen LogP contribution is 2.30. The quantitative estimate of drug-likeness (QED) is 0.682. The van der Waals surface area contributed by atoms with E-state index in [0.29, 0.717) is 0 Å². The minimum atomic E-state index is 0.984. The Morgan fingerprint density at radius 1 is 1.55 bits per heavy atom. The molecule has 0 aromatic carbocycles. The summed E-state index contributed by atoms with van der Waals surface area (Å²) in [5.41, 5.74) is 0. The SMILES string of the molecule is BrC1=CN(CC2CC2)CC=C1. The lowest BCUT2D eigenvalue weighted by molar-refractivity contribution is 0.391. The third-order valence-electron chi connectivity index (χ3n) is 2.11. The fourth-order valence-electron chi connectivity index (χ4n) is 1.33. The van der Waals surface area contributed by atoms with Gasteiger partial charge in [-0.3, -0.25) is 0 Å². The molecule has 0 unspecified atom stereocenters. The minimum Gasteiger partial charge on any atom is -0.372 e. The molecular weight excluding hydrogens is 202 g/mol. The molecule has 2 heteroatoms. The minimum absolute atomic E-state index is 0.984. The summed E-state index contributed by atoms with van der Waals surface area (Å²) < 4.78 is 1.20. The van der Waals surface area contributed by atoms with E-state index >= 15 is 0 Å². The molecule has 1 fully saturated rings. The highest BCUT2D eigenvalue weighted by Gasteiger charge is 2.23. The molecule has 2 rings (SSSR count). The van der Waals surface area contributed by atoms with Crippen LogP contribution < -0.4 is 0 Å². The van der Waals surface area contributed by atoms with Crippen LogP contribution in [-0.4, -0.2) is 18.0 Å². The molecule has 11 heavy (non-hydrogen) atoms. The van der Waals surface area contributed by atoms with Gasteiger partial charge in [-0.05, 0) is 40.8 Å². The van der Waals surface area contributed by atoms with Gasteiger partial charge >= 0.3 is 0 Å². The maximum atomic E-state index is 3.47. The highest BCUT2D eigenvalue weighted by molar-refractivity contribution is 9.11. The van der Waals surface area contributed by atoms with Gasteiger partial charge in [0.2, 0.25) is 0 Å². The van der Waals surface area contributed by atoms with Crippen molar-refractivity contribution in [1.82, 2.24) is 4.90 Å². The second-order valence-corrected chi connectivity index (χ2v) is 4.23. The van der Waals surface area contributed by atoms with E-state index in [0.717, 1.165) is 12.5 Å². The van der Waals surface area contributed by atoms with Gasteiger partial charge in [0.05, 0.1) is 0 Å². The normalized spacial score (nSPS) is 23.7. The van der Waals surface area contributed by atoms with E-state index in [9.17, 15) is 0 Å². The van der Waals surface area contributed by atoms with E-state index in [1.165, 1.54) is 23.9 Å². The summed E-state index contributed by atoms with van der Waals surface area (Å²) in [6, 6.07) is 0. The molecule has 2 aliphatic rings. The molecule has 0 aromatic rings. The Morgan fingerprint density at radius 2 is 2.36 bits per heavy atom. The Hall–Kier alpha value is -0.240. The van der Waals surface area contributed by atoms with E-state index in [-0.39, 0.29) is 0 Å². The first-order valence-electron chi connectivity index (χ1n) is 4.12. The van der Waals surface area contributed by atoms with Gasteiger partial charge in [-0.1, -0.05) is 6.08 Å². The van der Waals surface area contributed by atoms with Crippen molar-refractivity contribution in [2.45, 2.75) is 12.8 Å². The van der Waals surface area contributed by atoms with Crippen LogP contribution in [0.15, 0.2) is 22.8 Å². The summed E-state index contributed by atoms with van der Waals surface area (Å²) >= 11 is 3.47. The predicted octanol–water partition coefficient (Wildman–Crippen LogP) is 2.50. The van der Waals surface area contributed by atoms with Crippen LogP contribution in [0.2, 0.25) is 0 Å². The molecular formula is C9H12BrN. The Bertz CT molecular complexity index is 204. The Balaban J connectivity index is 1.89. The number of hydrogen-bond donors (Lipinski definition) is 0. The molecule has 0 bridgehead atoms. The second-order valence-electron chi connectivity index (χ2n) is 3.31. The highest BCUT2D eigenvalue weighted by atomic mass is 79.9. The fourth-order valence-corrected chi connectivity index (χ4v) is 1.81. The largest absolute Gasteiger partial charge is 0.372 e. The number of nitrogens with zero attached hydrogens (tertiary/aromatic N) is 1. The summed E-state index contributed by atoms with van der Waals surface area (Å²) in [6.45, 7) is 2.34. The van der Waals surface area contributed by atoms with E-state index in [4.69, 9.17) is 0 Å². The van der Waals surface area contributed by atoms with Gasteiger partial charge in [0.15, 0.2) is 0 Å².